The minimum absolute atomic E-state index is 0.158. The van der Waals surface area contributed by atoms with Crippen molar-refractivity contribution in [3.8, 4) is 11.5 Å². The first-order chi connectivity index (χ1) is 13.0. The van der Waals surface area contributed by atoms with Gasteiger partial charge in [0.05, 0.1) is 23.8 Å². The maximum atomic E-state index is 12.3. The lowest BCUT2D eigenvalue weighted by Gasteiger charge is -2.12. The Balaban J connectivity index is 1.98. The molecule has 0 bridgehead atoms. The molecule has 0 N–H and O–H groups in total. The Bertz CT molecular complexity index is 938. The zero-order valence-electron chi connectivity index (χ0n) is 14.8. The van der Waals surface area contributed by atoms with E-state index in [1.807, 2.05) is 19.1 Å². The maximum Gasteiger partial charge on any atom is 0.363 e. The molecule has 0 fully saturated rings. The van der Waals surface area contributed by atoms with E-state index in [0.29, 0.717) is 39.3 Å². The van der Waals surface area contributed by atoms with E-state index in [1.54, 1.807) is 37.5 Å². The standard InChI is InChI=1S/C20H17Cl2NO4/c1-3-9-26-18-12(5-4-6-17(18)25-2)11-16-20(24)27-19(23-16)13-7-8-14(21)15(22)10-13/h4-8,10-11H,3,9H2,1-2H3/b16-11-. The van der Waals surface area contributed by atoms with Crippen LogP contribution in [-0.4, -0.2) is 25.6 Å². The third kappa shape index (κ3) is 4.26. The van der Waals surface area contributed by atoms with Gasteiger partial charge >= 0.3 is 5.97 Å². The van der Waals surface area contributed by atoms with Crippen molar-refractivity contribution in [1.82, 2.24) is 0 Å². The minimum Gasteiger partial charge on any atom is -0.493 e. The van der Waals surface area contributed by atoms with Crippen LogP contribution in [0.2, 0.25) is 10.0 Å². The number of benzene rings is 2. The summed E-state index contributed by atoms with van der Waals surface area (Å²) in [5, 5.41) is 0.767. The van der Waals surface area contributed by atoms with Gasteiger partial charge in [-0.3, -0.25) is 0 Å². The topological polar surface area (TPSA) is 57.1 Å². The van der Waals surface area contributed by atoms with Gasteiger partial charge in [0.25, 0.3) is 0 Å². The highest BCUT2D eigenvalue weighted by Gasteiger charge is 2.25. The van der Waals surface area contributed by atoms with E-state index in [0.717, 1.165) is 6.42 Å². The highest BCUT2D eigenvalue weighted by Crippen LogP contribution is 2.34. The van der Waals surface area contributed by atoms with Crippen LogP contribution in [0.4, 0.5) is 0 Å². The van der Waals surface area contributed by atoms with Gasteiger partial charge in [-0.05, 0) is 36.8 Å². The van der Waals surface area contributed by atoms with Crippen LogP contribution in [0.15, 0.2) is 47.1 Å². The lowest BCUT2D eigenvalue weighted by molar-refractivity contribution is -0.129. The average Bonchev–Trinajstić information content (AvgIpc) is 3.03. The molecule has 5 nitrogen and oxygen atoms in total. The molecule has 7 heteroatoms. The predicted octanol–water partition coefficient (Wildman–Crippen LogP) is 5.14. The van der Waals surface area contributed by atoms with Crippen LogP contribution >= 0.6 is 23.2 Å². The van der Waals surface area contributed by atoms with E-state index >= 15 is 0 Å². The highest BCUT2D eigenvalue weighted by atomic mass is 35.5. The number of hydrogen-bond acceptors (Lipinski definition) is 5. The van der Waals surface area contributed by atoms with Crippen molar-refractivity contribution >= 4 is 41.1 Å². The summed E-state index contributed by atoms with van der Waals surface area (Å²) in [5.74, 6) is 0.752. The van der Waals surface area contributed by atoms with Crippen LogP contribution in [0.25, 0.3) is 6.08 Å². The number of aliphatic imine (C=N–C) groups is 1. The number of methoxy groups -OCH3 is 1. The van der Waals surface area contributed by atoms with Gasteiger partial charge in [0.2, 0.25) is 5.90 Å². The number of esters is 1. The Hall–Kier alpha value is -2.50. The molecule has 0 unspecified atom stereocenters. The molecule has 0 aromatic heterocycles. The van der Waals surface area contributed by atoms with E-state index < -0.39 is 5.97 Å². The summed E-state index contributed by atoms with van der Waals surface area (Å²) in [7, 11) is 1.56. The SMILES string of the molecule is CCCOc1c(/C=C2\N=C(c3ccc(Cl)c(Cl)c3)OC2=O)cccc1OC. The first-order valence-corrected chi connectivity index (χ1v) is 9.07. The van der Waals surface area contributed by atoms with Gasteiger partial charge < -0.3 is 14.2 Å². The number of para-hydroxylation sites is 1. The number of halogens is 2. The van der Waals surface area contributed by atoms with E-state index in [-0.39, 0.29) is 11.6 Å². The fraction of sp³-hybridized carbons (Fsp3) is 0.200. The Morgan fingerprint density at radius 1 is 1.19 bits per heavy atom. The van der Waals surface area contributed by atoms with Crippen LogP contribution < -0.4 is 9.47 Å². The zero-order chi connectivity index (χ0) is 19.4. The number of rotatable bonds is 6. The van der Waals surface area contributed by atoms with Crippen LogP contribution in [0.3, 0.4) is 0 Å². The number of hydrogen-bond donors (Lipinski definition) is 0. The summed E-state index contributed by atoms with van der Waals surface area (Å²) in [4.78, 5) is 16.5. The molecule has 2 aromatic carbocycles. The Kier molecular flexibility index (Phi) is 6.04. The minimum atomic E-state index is -0.555. The lowest BCUT2D eigenvalue weighted by Crippen LogP contribution is -2.05. The number of ether oxygens (including phenoxy) is 3. The predicted molar refractivity (Wildman–Crippen MR) is 106 cm³/mol. The van der Waals surface area contributed by atoms with Gasteiger partial charge in [0.1, 0.15) is 0 Å². The van der Waals surface area contributed by atoms with Crippen LogP contribution in [0.5, 0.6) is 11.5 Å². The Morgan fingerprint density at radius 2 is 2.00 bits per heavy atom. The van der Waals surface area contributed by atoms with Gasteiger partial charge in [0.15, 0.2) is 17.2 Å². The number of carbonyl (C=O) groups is 1. The highest BCUT2D eigenvalue weighted by molar-refractivity contribution is 6.42. The van der Waals surface area contributed by atoms with Crippen molar-refractivity contribution < 1.29 is 19.0 Å². The molecular formula is C20H17Cl2NO4. The molecule has 0 aliphatic carbocycles. The van der Waals surface area contributed by atoms with E-state index in [2.05, 4.69) is 4.99 Å². The molecule has 0 saturated heterocycles. The summed E-state index contributed by atoms with van der Waals surface area (Å²) in [6.07, 6.45) is 2.45. The number of cyclic esters (lactones) is 1. The van der Waals surface area contributed by atoms with Crippen molar-refractivity contribution in [3.05, 3.63) is 63.3 Å². The molecule has 140 valence electrons. The Labute approximate surface area is 167 Å². The third-order valence-corrected chi connectivity index (χ3v) is 4.50. The zero-order valence-corrected chi connectivity index (χ0v) is 16.3. The second-order valence-electron chi connectivity index (χ2n) is 5.69. The molecule has 0 radical (unpaired) electrons. The molecule has 27 heavy (non-hydrogen) atoms. The molecule has 1 heterocycles. The fourth-order valence-electron chi connectivity index (χ4n) is 2.47. The normalized spacial score (nSPS) is 14.9. The number of nitrogens with zero attached hydrogens (tertiary/aromatic N) is 1. The third-order valence-electron chi connectivity index (χ3n) is 3.76. The molecular weight excluding hydrogens is 389 g/mol. The second kappa shape index (κ2) is 8.46. The molecule has 1 aliphatic rings. The summed E-state index contributed by atoms with van der Waals surface area (Å²) >= 11 is 11.9. The van der Waals surface area contributed by atoms with Gasteiger partial charge in [-0.2, -0.15) is 0 Å². The molecule has 2 aromatic rings. The van der Waals surface area contributed by atoms with Gasteiger partial charge in [0, 0.05) is 11.1 Å². The molecule has 0 atom stereocenters. The monoisotopic (exact) mass is 405 g/mol. The van der Waals surface area contributed by atoms with Crippen LogP contribution in [-0.2, 0) is 9.53 Å². The summed E-state index contributed by atoms with van der Waals surface area (Å²) < 4.78 is 16.4. The van der Waals surface area contributed by atoms with Gasteiger partial charge in [-0.15, -0.1) is 0 Å². The Morgan fingerprint density at radius 3 is 2.70 bits per heavy atom. The molecule has 0 amide bonds. The largest absolute Gasteiger partial charge is 0.493 e. The van der Waals surface area contributed by atoms with E-state index in [4.69, 9.17) is 37.4 Å². The molecule has 1 aliphatic heterocycles. The first kappa shape index (κ1) is 19.3. The summed E-state index contributed by atoms with van der Waals surface area (Å²) in [5.41, 5.74) is 1.40. The molecule has 0 saturated carbocycles. The van der Waals surface area contributed by atoms with Crippen molar-refractivity contribution in [1.29, 1.82) is 0 Å². The quantitative estimate of drug-likeness (QED) is 0.493. The lowest BCUT2D eigenvalue weighted by atomic mass is 10.1. The van der Waals surface area contributed by atoms with Crippen LogP contribution in [0.1, 0.15) is 24.5 Å². The first-order valence-electron chi connectivity index (χ1n) is 8.31. The smallest absolute Gasteiger partial charge is 0.363 e. The number of carbonyl (C=O) groups excluding carboxylic acids is 1. The van der Waals surface area contributed by atoms with Crippen LogP contribution in [0, 0.1) is 0 Å². The average molecular weight is 406 g/mol. The van der Waals surface area contributed by atoms with Gasteiger partial charge in [-0.1, -0.05) is 42.3 Å². The molecule has 0 spiro atoms. The van der Waals surface area contributed by atoms with Crippen molar-refractivity contribution in [2.75, 3.05) is 13.7 Å². The summed E-state index contributed by atoms with van der Waals surface area (Å²) in [6.45, 7) is 2.54. The van der Waals surface area contributed by atoms with Crippen molar-refractivity contribution in [2.24, 2.45) is 4.99 Å². The van der Waals surface area contributed by atoms with Gasteiger partial charge in [-0.25, -0.2) is 9.79 Å². The van der Waals surface area contributed by atoms with Crippen molar-refractivity contribution in [2.45, 2.75) is 13.3 Å². The maximum absolute atomic E-state index is 12.3. The summed E-state index contributed by atoms with van der Waals surface area (Å²) in [6, 6.07) is 10.3. The second-order valence-corrected chi connectivity index (χ2v) is 6.51. The molecule has 3 rings (SSSR count). The van der Waals surface area contributed by atoms with Crippen molar-refractivity contribution in [3.63, 3.8) is 0 Å². The fourth-order valence-corrected chi connectivity index (χ4v) is 2.77. The van der Waals surface area contributed by atoms with E-state index in [1.165, 1.54) is 0 Å². The van der Waals surface area contributed by atoms with E-state index in [9.17, 15) is 4.79 Å².